The van der Waals surface area contributed by atoms with Crippen molar-refractivity contribution in [1.82, 2.24) is 4.90 Å². The zero-order chi connectivity index (χ0) is 17.7. The van der Waals surface area contributed by atoms with Gasteiger partial charge in [-0.1, -0.05) is 6.07 Å². The summed E-state index contributed by atoms with van der Waals surface area (Å²) in [5.74, 6) is 1.89. The molecule has 0 atom stereocenters. The van der Waals surface area contributed by atoms with E-state index < -0.39 is 5.41 Å². The van der Waals surface area contributed by atoms with Crippen molar-refractivity contribution in [3.05, 3.63) is 29.8 Å². The summed E-state index contributed by atoms with van der Waals surface area (Å²) in [6, 6.07) is 7.17. The molecule has 2 fully saturated rings. The first-order valence-corrected chi connectivity index (χ1v) is 9.86. The Hall–Kier alpha value is -1.57. The zero-order valence-electron chi connectivity index (χ0n) is 14.3. The van der Waals surface area contributed by atoms with Crippen LogP contribution in [0.1, 0.15) is 23.2 Å². The van der Waals surface area contributed by atoms with Gasteiger partial charge in [-0.25, -0.2) is 0 Å². The molecule has 3 rings (SSSR count). The Kier molecular flexibility index (Phi) is 5.98. The summed E-state index contributed by atoms with van der Waals surface area (Å²) in [5, 5.41) is 2.95. The van der Waals surface area contributed by atoms with Gasteiger partial charge >= 0.3 is 0 Å². The van der Waals surface area contributed by atoms with E-state index in [2.05, 4.69) is 5.32 Å². The lowest BCUT2D eigenvalue weighted by atomic mass is 9.79. The molecule has 2 saturated heterocycles. The molecule has 7 heteroatoms. The monoisotopic (exact) mass is 363 g/mol. The van der Waals surface area contributed by atoms with Crippen LogP contribution in [-0.4, -0.2) is 61.1 Å². The first-order valence-electron chi connectivity index (χ1n) is 8.71. The fourth-order valence-electron chi connectivity index (χ4n) is 3.23. The van der Waals surface area contributed by atoms with E-state index >= 15 is 0 Å². The van der Waals surface area contributed by atoms with E-state index in [0.717, 1.165) is 24.6 Å². The van der Waals surface area contributed by atoms with E-state index in [0.29, 0.717) is 43.9 Å². The molecule has 3 N–H and O–H groups in total. The normalized spacial score (nSPS) is 20.1. The van der Waals surface area contributed by atoms with Gasteiger partial charge in [-0.2, -0.15) is 11.8 Å². The molecule has 6 nitrogen and oxygen atoms in total. The predicted octanol–water partition coefficient (Wildman–Crippen LogP) is 1.57. The number of nitrogens with one attached hydrogen (secondary N) is 1. The van der Waals surface area contributed by atoms with Crippen LogP contribution in [0.4, 0.5) is 5.69 Å². The lowest BCUT2D eigenvalue weighted by Crippen LogP contribution is -2.46. The molecule has 0 saturated carbocycles. The minimum Gasteiger partial charge on any atom is -0.381 e. The molecule has 136 valence electrons. The van der Waals surface area contributed by atoms with Gasteiger partial charge in [0, 0.05) is 55.6 Å². The maximum absolute atomic E-state index is 12.8. The molecule has 1 aromatic rings. The number of anilines is 1. The number of benzene rings is 1. The Morgan fingerprint density at radius 3 is 2.64 bits per heavy atom. The average molecular weight is 363 g/mol. The van der Waals surface area contributed by atoms with Gasteiger partial charge in [0.15, 0.2) is 0 Å². The molecule has 0 bridgehead atoms. The third-order valence-electron chi connectivity index (χ3n) is 4.99. The van der Waals surface area contributed by atoms with Crippen LogP contribution in [-0.2, 0) is 9.53 Å². The second-order valence-electron chi connectivity index (χ2n) is 6.54. The van der Waals surface area contributed by atoms with Crippen LogP contribution in [0.15, 0.2) is 24.3 Å². The number of hydrogen-bond acceptors (Lipinski definition) is 5. The molecular weight excluding hydrogens is 338 g/mol. The molecule has 2 heterocycles. The average Bonchev–Trinajstić information content (AvgIpc) is 2.68. The standard InChI is InChI=1S/C18H25N3O3S/c19-13-18(4-8-24-9-5-18)17(23)20-15-3-1-2-14(12-15)16(22)21-6-10-25-11-7-21/h1-3,12H,4-11,13,19H2,(H,20,23). The summed E-state index contributed by atoms with van der Waals surface area (Å²) in [6.07, 6.45) is 1.25. The van der Waals surface area contributed by atoms with Crippen molar-refractivity contribution in [3.8, 4) is 0 Å². The van der Waals surface area contributed by atoms with Gasteiger partial charge in [-0.3, -0.25) is 9.59 Å². The van der Waals surface area contributed by atoms with E-state index in [1.807, 2.05) is 22.7 Å². The van der Waals surface area contributed by atoms with Crippen molar-refractivity contribution < 1.29 is 14.3 Å². The van der Waals surface area contributed by atoms with Crippen molar-refractivity contribution in [2.45, 2.75) is 12.8 Å². The minimum absolute atomic E-state index is 0.0241. The number of amides is 2. The van der Waals surface area contributed by atoms with Gasteiger partial charge in [0.2, 0.25) is 5.91 Å². The van der Waals surface area contributed by atoms with E-state index in [1.165, 1.54) is 0 Å². The first-order chi connectivity index (χ1) is 12.1. The fourth-order valence-corrected chi connectivity index (χ4v) is 4.13. The van der Waals surface area contributed by atoms with Crippen molar-refractivity contribution >= 4 is 29.3 Å². The third kappa shape index (κ3) is 4.16. The second kappa shape index (κ2) is 8.21. The Bertz CT molecular complexity index is 626. The first kappa shape index (κ1) is 18.2. The zero-order valence-corrected chi connectivity index (χ0v) is 15.1. The number of hydrogen-bond donors (Lipinski definition) is 2. The highest BCUT2D eigenvalue weighted by molar-refractivity contribution is 7.99. The van der Waals surface area contributed by atoms with Crippen LogP contribution in [0, 0.1) is 5.41 Å². The Morgan fingerprint density at radius 1 is 1.24 bits per heavy atom. The van der Waals surface area contributed by atoms with Crippen LogP contribution < -0.4 is 11.1 Å². The van der Waals surface area contributed by atoms with Crippen molar-refractivity contribution in [2.75, 3.05) is 49.7 Å². The van der Waals surface area contributed by atoms with Gasteiger partial charge in [-0.05, 0) is 31.0 Å². The lowest BCUT2D eigenvalue weighted by Gasteiger charge is -2.34. The van der Waals surface area contributed by atoms with Crippen LogP contribution in [0.2, 0.25) is 0 Å². The van der Waals surface area contributed by atoms with Crippen LogP contribution in [0.5, 0.6) is 0 Å². The van der Waals surface area contributed by atoms with Crippen LogP contribution >= 0.6 is 11.8 Å². The lowest BCUT2D eigenvalue weighted by molar-refractivity contribution is -0.130. The molecule has 0 spiro atoms. The van der Waals surface area contributed by atoms with Gasteiger partial charge in [0.1, 0.15) is 0 Å². The summed E-state index contributed by atoms with van der Waals surface area (Å²) in [4.78, 5) is 27.3. The number of thioether (sulfide) groups is 1. The third-order valence-corrected chi connectivity index (χ3v) is 5.93. The number of ether oxygens (including phenoxy) is 1. The topological polar surface area (TPSA) is 84.7 Å². The summed E-state index contributed by atoms with van der Waals surface area (Å²) >= 11 is 1.87. The van der Waals surface area contributed by atoms with Crippen LogP contribution in [0.3, 0.4) is 0 Å². The van der Waals surface area contributed by atoms with Gasteiger partial charge in [0.05, 0.1) is 5.41 Å². The Balaban J connectivity index is 1.70. The predicted molar refractivity (Wildman–Crippen MR) is 99.8 cm³/mol. The summed E-state index contributed by atoms with van der Waals surface area (Å²) in [6.45, 7) is 2.95. The molecular formula is C18H25N3O3S. The molecule has 25 heavy (non-hydrogen) atoms. The molecule has 0 radical (unpaired) electrons. The molecule has 0 unspecified atom stereocenters. The van der Waals surface area contributed by atoms with Crippen LogP contribution in [0.25, 0.3) is 0 Å². The number of carbonyl (C=O) groups is 2. The molecule has 2 amide bonds. The largest absolute Gasteiger partial charge is 0.381 e. The van der Waals surface area contributed by atoms with Crippen molar-refractivity contribution in [2.24, 2.45) is 11.1 Å². The molecule has 0 aliphatic carbocycles. The highest BCUT2D eigenvalue weighted by Gasteiger charge is 2.38. The SMILES string of the molecule is NCC1(C(=O)Nc2cccc(C(=O)N3CCSCC3)c2)CCOCC1. The molecule has 2 aliphatic rings. The maximum Gasteiger partial charge on any atom is 0.253 e. The molecule has 0 aromatic heterocycles. The smallest absolute Gasteiger partial charge is 0.253 e. The second-order valence-corrected chi connectivity index (χ2v) is 7.76. The van der Waals surface area contributed by atoms with E-state index in [1.54, 1.807) is 18.2 Å². The molecule has 2 aliphatic heterocycles. The highest BCUT2D eigenvalue weighted by Crippen LogP contribution is 2.31. The number of nitrogens with zero attached hydrogens (tertiary/aromatic N) is 1. The summed E-state index contributed by atoms with van der Waals surface area (Å²) in [7, 11) is 0. The fraction of sp³-hybridized carbons (Fsp3) is 0.556. The minimum atomic E-state index is -0.581. The van der Waals surface area contributed by atoms with Gasteiger partial charge in [-0.15, -0.1) is 0 Å². The summed E-state index contributed by atoms with van der Waals surface area (Å²) < 4.78 is 5.36. The Labute approximate surface area is 152 Å². The number of rotatable bonds is 4. The Morgan fingerprint density at radius 2 is 1.96 bits per heavy atom. The number of carbonyl (C=O) groups excluding carboxylic acids is 2. The summed E-state index contributed by atoms with van der Waals surface area (Å²) in [5.41, 5.74) is 6.56. The van der Waals surface area contributed by atoms with E-state index in [-0.39, 0.29) is 11.8 Å². The maximum atomic E-state index is 12.8. The highest BCUT2D eigenvalue weighted by atomic mass is 32.2. The van der Waals surface area contributed by atoms with E-state index in [9.17, 15) is 9.59 Å². The van der Waals surface area contributed by atoms with Gasteiger partial charge in [0.25, 0.3) is 5.91 Å². The quantitative estimate of drug-likeness (QED) is 0.848. The van der Waals surface area contributed by atoms with Gasteiger partial charge < -0.3 is 20.7 Å². The van der Waals surface area contributed by atoms with E-state index in [4.69, 9.17) is 10.5 Å². The van der Waals surface area contributed by atoms with Crippen molar-refractivity contribution in [1.29, 1.82) is 0 Å². The van der Waals surface area contributed by atoms with Crippen molar-refractivity contribution in [3.63, 3.8) is 0 Å². The molecule has 1 aromatic carbocycles. The number of nitrogens with two attached hydrogens (primary N) is 1.